The minimum absolute atomic E-state index is 0.0362. The molecule has 0 aliphatic carbocycles. The molecular weight excluding hydrogens is 606 g/mol. The van der Waals surface area contributed by atoms with Crippen LogP contribution in [-0.2, 0) is 25.9 Å². The highest BCUT2D eigenvalue weighted by atomic mass is 32.2. The second-order valence-corrected chi connectivity index (χ2v) is 12.7. The van der Waals surface area contributed by atoms with Crippen molar-refractivity contribution >= 4 is 27.5 Å². The second-order valence-electron chi connectivity index (χ2n) is 10.4. The number of carbonyl (C=O) groups excluding carboxylic acids is 2. The summed E-state index contributed by atoms with van der Waals surface area (Å²) in [4.78, 5) is 27.5. The molecular formula is C32H34F2N4O6S. The van der Waals surface area contributed by atoms with Crippen molar-refractivity contribution in [3.8, 4) is 6.07 Å². The Bertz CT molecular complexity index is 1580. The van der Waals surface area contributed by atoms with Crippen LogP contribution < -0.4 is 15.5 Å². The predicted molar refractivity (Wildman–Crippen MR) is 162 cm³/mol. The molecule has 0 saturated carbocycles. The average molecular weight is 641 g/mol. The SMILES string of the molecule is CCS(=O)(=O)c1ccc([C@H](CC#N)NC(=O)c2ccc(N3C[C@@H](NC(=O)OCc4ccccc4)C[C@H]3COC(F)F)cc2)cc1. The Morgan fingerprint density at radius 1 is 1.04 bits per heavy atom. The van der Waals surface area contributed by atoms with E-state index in [2.05, 4.69) is 15.4 Å². The Balaban J connectivity index is 1.41. The number of sulfone groups is 1. The summed E-state index contributed by atoms with van der Waals surface area (Å²) < 4.78 is 59.9. The van der Waals surface area contributed by atoms with Gasteiger partial charge in [-0.3, -0.25) is 4.79 Å². The maximum Gasteiger partial charge on any atom is 0.407 e. The molecule has 0 bridgehead atoms. The van der Waals surface area contributed by atoms with E-state index in [4.69, 9.17) is 4.74 Å². The van der Waals surface area contributed by atoms with E-state index in [-0.39, 0.29) is 30.3 Å². The molecule has 2 N–H and O–H groups in total. The maximum absolute atomic E-state index is 13.1. The van der Waals surface area contributed by atoms with Crippen LogP contribution in [0.3, 0.4) is 0 Å². The van der Waals surface area contributed by atoms with Crippen molar-refractivity contribution < 1.29 is 36.3 Å². The summed E-state index contributed by atoms with van der Waals surface area (Å²) in [6, 6.07) is 22.2. The number of nitrogens with one attached hydrogen (secondary N) is 2. The highest BCUT2D eigenvalue weighted by molar-refractivity contribution is 7.91. The molecule has 1 heterocycles. The maximum atomic E-state index is 13.1. The smallest absolute Gasteiger partial charge is 0.407 e. The number of benzene rings is 3. The Labute approximate surface area is 260 Å². The minimum Gasteiger partial charge on any atom is -0.445 e. The topological polar surface area (TPSA) is 138 Å². The van der Waals surface area contributed by atoms with Gasteiger partial charge in [0.2, 0.25) is 0 Å². The van der Waals surface area contributed by atoms with Crippen LogP contribution in [0.15, 0.2) is 83.8 Å². The first-order valence-electron chi connectivity index (χ1n) is 14.3. The first kappa shape index (κ1) is 33.4. The van der Waals surface area contributed by atoms with Gasteiger partial charge in [-0.1, -0.05) is 49.4 Å². The zero-order chi connectivity index (χ0) is 32.4. The van der Waals surface area contributed by atoms with Crippen molar-refractivity contribution in [2.24, 2.45) is 0 Å². The van der Waals surface area contributed by atoms with Gasteiger partial charge in [0, 0.05) is 17.8 Å². The Morgan fingerprint density at radius 3 is 2.36 bits per heavy atom. The summed E-state index contributed by atoms with van der Waals surface area (Å²) in [6.07, 6.45) is -0.325. The van der Waals surface area contributed by atoms with E-state index in [1.165, 1.54) is 12.1 Å². The van der Waals surface area contributed by atoms with Gasteiger partial charge >= 0.3 is 12.7 Å². The lowest BCUT2D eigenvalue weighted by atomic mass is 10.0. The molecule has 4 rings (SSSR count). The van der Waals surface area contributed by atoms with Gasteiger partial charge in [-0.05, 0) is 53.9 Å². The van der Waals surface area contributed by atoms with Gasteiger partial charge < -0.3 is 25.0 Å². The average Bonchev–Trinajstić information content (AvgIpc) is 3.45. The third-order valence-corrected chi connectivity index (χ3v) is 9.20. The molecule has 1 aliphatic rings. The molecule has 10 nitrogen and oxygen atoms in total. The van der Waals surface area contributed by atoms with Crippen molar-refractivity contribution in [3.63, 3.8) is 0 Å². The third-order valence-electron chi connectivity index (χ3n) is 7.45. The van der Waals surface area contributed by atoms with Gasteiger partial charge in [-0.2, -0.15) is 14.0 Å². The van der Waals surface area contributed by atoms with Crippen LogP contribution in [0.1, 0.15) is 47.3 Å². The molecule has 2 amide bonds. The van der Waals surface area contributed by atoms with E-state index in [1.807, 2.05) is 41.3 Å². The van der Waals surface area contributed by atoms with Crippen LogP contribution in [0.4, 0.5) is 19.3 Å². The van der Waals surface area contributed by atoms with Crippen molar-refractivity contribution in [2.45, 2.75) is 56.0 Å². The Hall–Kier alpha value is -4.54. The van der Waals surface area contributed by atoms with E-state index in [0.29, 0.717) is 29.8 Å². The quantitative estimate of drug-likeness (QED) is 0.267. The monoisotopic (exact) mass is 640 g/mol. The Morgan fingerprint density at radius 2 is 1.73 bits per heavy atom. The minimum atomic E-state index is -3.39. The molecule has 0 spiro atoms. The Kier molecular flexibility index (Phi) is 11.5. The standard InChI is InChI=1S/C32H34F2N4O6S/c1-2-45(41,42)28-14-10-23(11-15-28)29(16-17-35)37-30(39)24-8-12-26(13-9-24)38-19-25(18-27(38)21-43-31(33)34)36-32(40)44-20-22-6-4-3-5-7-22/h3-15,25,27,29,31H,2,16,18-21H2,1H3,(H,36,40)(H,37,39)/t25-,27-,29-/m0/s1. The van der Waals surface area contributed by atoms with Gasteiger partial charge in [0.05, 0.1) is 47.9 Å². The number of nitriles is 1. The zero-order valence-corrected chi connectivity index (χ0v) is 25.4. The van der Waals surface area contributed by atoms with Crippen molar-refractivity contribution in [1.29, 1.82) is 5.26 Å². The highest BCUT2D eigenvalue weighted by Crippen LogP contribution is 2.28. The zero-order valence-electron chi connectivity index (χ0n) is 24.6. The van der Waals surface area contributed by atoms with E-state index in [0.717, 1.165) is 5.56 Å². The summed E-state index contributed by atoms with van der Waals surface area (Å²) in [6.45, 7) is -1.28. The predicted octanol–water partition coefficient (Wildman–Crippen LogP) is 4.98. The van der Waals surface area contributed by atoms with Gasteiger partial charge in [-0.15, -0.1) is 0 Å². The fourth-order valence-corrected chi connectivity index (χ4v) is 5.96. The second kappa shape index (κ2) is 15.5. The number of hydrogen-bond donors (Lipinski definition) is 2. The van der Waals surface area contributed by atoms with Gasteiger partial charge in [0.1, 0.15) is 6.61 Å². The number of nitrogens with zero attached hydrogens (tertiary/aromatic N) is 2. The first-order valence-corrected chi connectivity index (χ1v) is 16.0. The molecule has 45 heavy (non-hydrogen) atoms. The van der Waals surface area contributed by atoms with Crippen molar-refractivity contribution in [1.82, 2.24) is 10.6 Å². The van der Waals surface area contributed by atoms with Crippen LogP contribution in [0.25, 0.3) is 0 Å². The van der Waals surface area contributed by atoms with Crippen molar-refractivity contribution in [3.05, 3.63) is 95.6 Å². The summed E-state index contributed by atoms with van der Waals surface area (Å²) in [5.41, 5.74) is 2.34. The lowest BCUT2D eigenvalue weighted by molar-refractivity contribution is -0.131. The fraction of sp³-hybridized carbons (Fsp3) is 0.344. The van der Waals surface area contributed by atoms with E-state index >= 15 is 0 Å². The molecule has 0 radical (unpaired) electrons. The lowest BCUT2D eigenvalue weighted by Crippen LogP contribution is -2.37. The number of carbonyl (C=O) groups is 2. The van der Waals surface area contributed by atoms with Crippen LogP contribution >= 0.6 is 0 Å². The van der Waals surface area contributed by atoms with Gasteiger partial charge in [0.15, 0.2) is 9.84 Å². The molecule has 3 aromatic rings. The number of alkyl carbamates (subject to hydrolysis) is 1. The van der Waals surface area contributed by atoms with E-state index < -0.39 is 46.6 Å². The number of halogens is 2. The molecule has 3 aromatic carbocycles. The number of alkyl halides is 2. The number of hydrogen-bond acceptors (Lipinski definition) is 8. The molecule has 0 aromatic heterocycles. The molecule has 3 atom stereocenters. The first-order chi connectivity index (χ1) is 21.6. The molecule has 238 valence electrons. The molecule has 1 fully saturated rings. The summed E-state index contributed by atoms with van der Waals surface area (Å²) in [7, 11) is -3.39. The van der Waals surface area contributed by atoms with Crippen molar-refractivity contribution in [2.75, 3.05) is 23.8 Å². The molecule has 0 unspecified atom stereocenters. The summed E-state index contributed by atoms with van der Waals surface area (Å²) >= 11 is 0. The third kappa shape index (κ3) is 9.23. The number of ether oxygens (including phenoxy) is 2. The van der Waals surface area contributed by atoms with E-state index in [1.54, 1.807) is 43.3 Å². The summed E-state index contributed by atoms with van der Waals surface area (Å²) in [5, 5.41) is 14.9. The van der Waals surface area contributed by atoms with E-state index in [9.17, 15) is 32.0 Å². The molecule has 13 heteroatoms. The molecule has 1 aliphatic heterocycles. The number of amides is 2. The van der Waals surface area contributed by atoms with Gasteiger partial charge in [0.25, 0.3) is 5.91 Å². The fourth-order valence-electron chi connectivity index (χ4n) is 5.07. The van der Waals surface area contributed by atoms with Crippen LogP contribution in [-0.4, -0.2) is 58.0 Å². The largest absolute Gasteiger partial charge is 0.445 e. The number of anilines is 1. The van der Waals surface area contributed by atoms with Crippen LogP contribution in [0, 0.1) is 11.3 Å². The van der Waals surface area contributed by atoms with Crippen LogP contribution in [0.5, 0.6) is 0 Å². The number of rotatable bonds is 13. The normalized spacial score (nSPS) is 17.0. The van der Waals surface area contributed by atoms with Gasteiger partial charge in [-0.25, -0.2) is 13.2 Å². The van der Waals surface area contributed by atoms with Crippen LogP contribution in [0.2, 0.25) is 0 Å². The highest BCUT2D eigenvalue weighted by Gasteiger charge is 2.34. The lowest BCUT2D eigenvalue weighted by Gasteiger charge is -2.26. The molecule has 1 saturated heterocycles. The summed E-state index contributed by atoms with van der Waals surface area (Å²) in [5.74, 6) is -0.497.